The topological polar surface area (TPSA) is 69.7 Å². The monoisotopic (exact) mass is 435 g/mol. The number of anilines is 1. The average molecular weight is 436 g/mol. The van der Waals surface area contributed by atoms with E-state index >= 15 is 0 Å². The number of amides is 1. The van der Waals surface area contributed by atoms with Gasteiger partial charge in [-0.25, -0.2) is 8.42 Å². The average Bonchev–Trinajstić information content (AvgIpc) is 3.08. The Kier molecular flexibility index (Phi) is 7.31. The van der Waals surface area contributed by atoms with Gasteiger partial charge in [-0.1, -0.05) is 29.8 Å². The van der Waals surface area contributed by atoms with Crippen molar-refractivity contribution < 1.29 is 13.2 Å². The maximum absolute atomic E-state index is 12.5. The first-order chi connectivity index (χ1) is 12.0. The molecule has 6 nitrogen and oxygen atoms in total. The number of hydrogen-bond acceptors (Lipinski definition) is 5. The second-order valence-electron chi connectivity index (χ2n) is 5.56. The molecule has 0 atom stereocenters. The van der Waals surface area contributed by atoms with E-state index in [1.54, 1.807) is 11.0 Å². The first-order valence-electron chi connectivity index (χ1n) is 7.79. The molecule has 1 aliphatic rings. The van der Waals surface area contributed by atoms with Crippen LogP contribution in [0.3, 0.4) is 0 Å². The molecule has 1 aliphatic heterocycles. The van der Waals surface area contributed by atoms with Crippen molar-refractivity contribution in [3.63, 3.8) is 0 Å². The van der Waals surface area contributed by atoms with Crippen molar-refractivity contribution in [2.24, 2.45) is 0 Å². The van der Waals surface area contributed by atoms with Gasteiger partial charge in [-0.2, -0.15) is 4.31 Å². The van der Waals surface area contributed by atoms with Crippen molar-refractivity contribution in [1.29, 1.82) is 0 Å². The van der Waals surface area contributed by atoms with Crippen LogP contribution >= 0.6 is 35.3 Å². The van der Waals surface area contributed by atoms with Crippen LogP contribution < -0.4 is 5.32 Å². The van der Waals surface area contributed by atoms with Gasteiger partial charge in [-0.05, 0) is 24.3 Å². The number of benzene rings is 1. The summed E-state index contributed by atoms with van der Waals surface area (Å²) in [4.78, 5) is 14.0. The molecule has 3 rings (SSSR count). The molecule has 1 fully saturated rings. The number of thiophene rings is 1. The van der Waals surface area contributed by atoms with E-state index in [-0.39, 0.29) is 42.2 Å². The van der Waals surface area contributed by atoms with E-state index < -0.39 is 10.0 Å². The van der Waals surface area contributed by atoms with E-state index in [4.69, 9.17) is 11.6 Å². The minimum absolute atomic E-state index is 0. The predicted octanol–water partition coefficient (Wildman–Crippen LogP) is 2.77. The molecule has 0 spiro atoms. The van der Waals surface area contributed by atoms with Gasteiger partial charge in [-0.3, -0.25) is 4.79 Å². The minimum atomic E-state index is -3.53. The summed E-state index contributed by atoms with van der Waals surface area (Å²) in [6.45, 7) is 1.53. The van der Waals surface area contributed by atoms with E-state index in [0.717, 1.165) is 17.0 Å². The number of nitrogens with one attached hydrogen (secondary N) is 1. The van der Waals surface area contributed by atoms with Gasteiger partial charge >= 0.3 is 0 Å². The highest BCUT2D eigenvalue weighted by molar-refractivity contribution is 7.91. The second kappa shape index (κ2) is 9.05. The number of nitrogens with zero attached hydrogens (tertiary/aromatic N) is 2. The van der Waals surface area contributed by atoms with E-state index in [1.807, 2.05) is 30.3 Å². The molecule has 0 radical (unpaired) electrons. The van der Waals surface area contributed by atoms with Crippen LogP contribution in [0.15, 0.2) is 46.7 Å². The largest absolute Gasteiger partial charge is 0.376 e. The summed E-state index contributed by atoms with van der Waals surface area (Å²) in [6, 6.07) is 12.6. The third-order valence-electron chi connectivity index (χ3n) is 3.95. The molecular formula is C16H19Cl2N3O3S2. The van der Waals surface area contributed by atoms with Crippen LogP contribution in [-0.2, 0) is 14.8 Å². The molecule has 26 heavy (non-hydrogen) atoms. The van der Waals surface area contributed by atoms with Crippen LogP contribution in [0.25, 0.3) is 0 Å². The Morgan fingerprint density at radius 1 is 1.08 bits per heavy atom. The smallest absolute Gasteiger partial charge is 0.252 e. The number of rotatable bonds is 5. The molecule has 1 aromatic carbocycles. The molecule has 0 unspecified atom stereocenters. The van der Waals surface area contributed by atoms with Crippen molar-refractivity contribution in [2.45, 2.75) is 4.21 Å². The predicted molar refractivity (Wildman–Crippen MR) is 107 cm³/mol. The molecule has 2 heterocycles. The molecule has 0 saturated carbocycles. The van der Waals surface area contributed by atoms with E-state index in [2.05, 4.69) is 5.32 Å². The summed E-state index contributed by atoms with van der Waals surface area (Å²) < 4.78 is 27.2. The summed E-state index contributed by atoms with van der Waals surface area (Å²) in [5.41, 5.74) is 0.881. The lowest BCUT2D eigenvalue weighted by Crippen LogP contribution is -2.51. The normalized spacial score (nSPS) is 15.3. The maximum atomic E-state index is 12.5. The van der Waals surface area contributed by atoms with Crippen LogP contribution in [0.2, 0.25) is 4.34 Å². The molecular weight excluding hydrogens is 417 g/mol. The molecule has 2 aromatic rings. The highest BCUT2D eigenvalue weighted by Gasteiger charge is 2.30. The van der Waals surface area contributed by atoms with Crippen LogP contribution in [0.4, 0.5) is 5.69 Å². The Labute approximate surface area is 168 Å². The number of carbonyl (C=O) groups is 1. The van der Waals surface area contributed by atoms with Gasteiger partial charge in [0.2, 0.25) is 5.91 Å². The van der Waals surface area contributed by atoms with Crippen LogP contribution in [-0.4, -0.2) is 56.3 Å². The van der Waals surface area contributed by atoms with Gasteiger partial charge in [0.15, 0.2) is 0 Å². The van der Waals surface area contributed by atoms with Crippen LogP contribution in [0, 0.1) is 0 Å². The molecule has 0 aliphatic carbocycles. The number of halogens is 2. The number of hydrogen-bond donors (Lipinski definition) is 1. The number of sulfonamides is 1. The summed E-state index contributed by atoms with van der Waals surface area (Å²) in [6.07, 6.45) is 0. The Morgan fingerprint density at radius 3 is 2.31 bits per heavy atom. The van der Waals surface area contributed by atoms with Crippen LogP contribution in [0.1, 0.15) is 0 Å². The second-order valence-corrected chi connectivity index (χ2v) is 9.44. The maximum Gasteiger partial charge on any atom is 0.252 e. The summed E-state index contributed by atoms with van der Waals surface area (Å²) in [5.74, 6) is -0.0416. The van der Waals surface area contributed by atoms with Gasteiger partial charge in [0.25, 0.3) is 10.0 Å². The first-order valence-corrected chi connectivity index (χ1v) is 10.4. The molecule has 10 heteroatoms. The van der Waals surface area contributed by atoms with E-state index in [1.165, 1.54) is 10.4 Å². The van der Waals surface area contributed by atoms with Crippen molar-refractivity contribution in [3.05, 3.63) is 46.8 Å². The SMILES string of the molecule is Cl.O=C(CNc1ccccc1)N1CCN(S(=O)(=O)c2ccc(Cl)s2)CC1. The first kappa shape index (κ1) is 21.0. The number of piperazine rings is 1. The summed E-state index contributed by atoms with van der Waals surface area (Å²) in [5, 5.41) is 3.08. The summed E-state index contributed by atoms with van der Waals surface area (Å²) in [7, 11) is -3.53. The molecule has 1 N–H and O–H groups in total. The fourth-order valence-electron chi connectivity index (χ4n) is 2.59. The Hall–Kier alpha value is -1.32. The van der Waals surface area contributed by atoms with E-state index in [0.29, 0.717) is 17.4 Å². The molecule has 1 aromatic heterocycles. The minimum Gasteiger partial charge on any atom is -0.376 e. The van der Waals surface area contributed by atoms with Gasteiger partial charge in [0, 0.05) is 31.9 Å². The lowest BCUT2D eigenvalue weighted by Gasteiger charge is -2.33. The number of para-hydroxylation sites is 1. The number of carbonyl (C=O) groups excluding carboxylic acids is 1. The van der Waals surface area contributed by atoms with E-state index in [9.17, 15) is 13.2 Å². The zero-order valence-electron chi connectivity index (χ0n) is 13.8. The Balaban J connectivity index is 0.00000243. The van der Waals surface area contributed by atoms with Crippen molar-refractivity contribution in [1.82, 2.24) is 9.21 Å². The quantitative estimate of drug-likeness (QED) is 0.783. The highest BCUT2D eigenvalue weighted by atomic mass is 35.5. The fraction of sp³-hybridized carbons (Fsp3) is 0.312. The standard InChI is InChI=1S/C16H18ClN3O3S2.ClH/c17-14-6-7-16(24-14)25(22,23)20-10-8-19(9-11-20)15(21)12-18-13-4-2-1-3-5-13;/h1-7,18H,8-12H2;1H. The zero-order chi connectivity index (χ0) is 17.9. The van der Waals surface area contributed by atoms with Gasteiger partial charge in [-0.15, -0.1) is 23.7 Å². The molecule has 0 bridgehead atoms. The third-order valence-corrected chi connectivity index (χ3v) is 7.55. The van der Waals surface area contributed by atoms with Crippen molar-refractivity contribution >= 4 is 57.0 Å². The van der Waals surface area contributed by atoms with Gasteiger partial charge < -0.3 is 10.2 Å². The summed E-state index contributed by atoms with van der Waals surface area (Å²) >= 11 is 6.88. The van der Waals surface area contributed by atoms with Crippen molar-refractivity contribution in [3.8, 4) is 0 Å². The van der Waals surface area contributed by atoms with Gasteiger partial charge in [0.1, 0.15) is 4.21 Å². The lowest BCUT2D eigenvalue weighted by molar-refractivity contribution is -0.130. The fourth-order valence-corrected chi connectivity index (χ4v) is 5.65. The van der Waals surface area contributed by atoms with Gasteiger partial charge in [0.05, 0.1) is 10.9 Å². The Morgan fingerprint density at radius 2 is 1.73 bits per heavy atom. The Bertz CT molecular complexity index is 835. The lowest BCUT2D eigenvalue weighted by atomic mass is 10.3. The van der Waals surface area contributed by atoms with Crippen molar-refractivity contribution in [2.75, 3.05) is 38.0 Å². The highest BCUT2D eigenvalue weighted by Crippen LogP contribution is 2.28. The molecule has 1 amide bonds. The molecule has 142 valence electrons. The molecule has 1 saturated heterocycles. The van der Waals surface area contributed by atoms with Crippen LogP contribution in [0.5, 0.6) is 0 Å². The third kappa shape index (κ3) is 4.89. The zero-order valence-corrected chi connectivity index (χ0v) is 17.0.